The lowest BCUT2D eigenvalue weighted by molar-refractivity contribution is -0.0885. The van der Waals surface area contributed by atoms with Crippen LogP contribution in [0.1, 0.15) is 32.2 Å². The van der Waals surface area contributed by atoms with Crippen LogP contribution in [0.5, 0.6) is 5.88 Å². The molecule has 0 amide bonds. The molecule has 6 rings (SSSR count). The Kier molecular flexibility index (Phi) is 8.45. The second-order valence-electron chi connectivity index (χ2n) is 12.1. The normalized spacial score (nSPS) is 14.7. The van der Waals surface area contributed by atoms with Crippen molar-refractivity contribution < 1.29 is 9.84 Å². The van der Waals surface area contributed by atoms with Crippen molar-refractivity contribution in [3.05, 3.63) is 86.6 Å². The highest BCUT2D eigenvalue weighted by Gasteiger charge is 2.37. The number of β-amino-alcohol motifs (C(OH)–C–C–N with tert-alkyl or cyclic N) is 1. The Hall–Kier alpha value is -3.80. The molecule has 0 atom stereocenters. The molecule has 12 heteroatoms. The van der Waals surface area contributed by atoms with E-state index in [9.17, 15) is 9.90 Å². The fourth-order valence-corrected chi connectivity index (χ4v) is 6.35. The third-order valence-corrected chi connectivity index (χ3v) is 8.78. The van der Waals surface area contributed by atoms with Crippen molar-refractivity contribution in [3.8, 4) is 39.5 Å². The summed E-state index contributed by atoms with van der Waals surface area (Å²) in [6, 6.07) is 13.5. The van der Waals surface area contributed by atoms with E-state index in [2.05, 4.69) is 24.1 Å². The van der Waals surface area contributed by atoms with E-state index in [1.807, 2.05) is 41.3 Å². The SMILES string of the molecule is COc1nc(-c2cccc(-c3ccnc(-c4cc5c(=O)n(C)c(CN6CC(C)(O)C6)nn5c4)c3Cl)c2Cl)ccc1CNC(C)C. The Labute approximate surface area is 271 Å². The van der Waals surface area contributed by atoms with Gasteiger partial charge in [0.1, 0.15) is 11.3 Å². The largest absolute Gasteiger partial charge is 0.481 e. The summed E-state index contributed by atoms with van der Waals surface area (Å²) in [5, 5.41) is 19.1. The Morgan fingerprint density at radius 2 is 1.82 bits per heavy atom. The van der Waals surface area contributed by atoms with Crippen molar-refractivity contribution in [1.29, 1.82) is 0 Å². The second-order valence-corrected chi connectivity index (χ2v) is 12.8. The van der Waals surface area contributed by atoms with E-state index in [-0.39, 0.29) is 5.56 Å². The van der Waals surface area contributed by atoms with Crippen molar-refractivity contribution in [2.75, 3.05) is 20.2 Å². The summed E-state index contributed by atoms with van der Waals surface area (Å²) in [4.78, 5) is 24.6. The molecule has 1 aliphatic rings. The highest BCUT2D eigenvalue weighted by atomic mass is 35.5. The lowest BCUT2D eigenvalue weighted by atomic mass is 9.97. The van der Waals surface area contributed by atoms with Gasteiger partial charge in [0, 0.05) is 72.9 Å². The quantitative estimate of drug-likeness (QED) is 0.225. The van der Waals surface area contributed by atoms with Gasteiger partial charge in [-0.05, 0) is 25.1 Å². The van der Waals surface area contributed by atoms with Gasteiger partial charge < -0.3 is 15.2 Å². The Bertz CT molecular complexity index is 1960. The number of pyridine rings is 2. The van der Waals surface area contributed by atoms with Crippen LogP contribution in [0, 0.1) is 0 Å². The lowest BCUT2D eigenvalue weighted by Crippen LogP contribution is -2.59. The molecule has 4 aromatic heterocycles. The Balaban J connectivity index is 1.35. The standard InChI is InChI=1S/C33H35Cl2N7O3/c1-19(2)37-14-20-9-10-25(38-31(20)45-5)24-8-6-7-22(28(24)34)23-11-12-36-30(29(23)35)21-13-26-32(43)40(4)27(39-42(26)15-21)16-41-17-33(3,44)18-41/h6-13,15,19,37,44H,14,16-18H2,1-5H3. The second kappa shape index (κ2) is 12.2. The van der Waals surface area contributed by atoms with Crippen LogP contribution in [0.2, 0.25) is 10.0 Å². The van der Waals surface area contributed by atoms with Crippen molar-refractivity contribution in [3.63, 3.8) is 0 Å². The third kappa shape index (κ3) is 6.08. The summed E-state index contributed by atoms with van der Waals surface area (Å²) in [5.41, 5.74) is 4.45. The number of aromatic nitrogens is 5. The van der Waals surface area contributed by atoms with E-state index in [1.165, 1.54) is 0 Å². The van der Waals surface area contributed by atoms with Gasteiger partial charge in [0.05, 0.1) is 40.7 Å². The van der Waals surface area contributed by atoms with E-state index >= 15 is 0 Å². The molecule has 0 unspecified atom stereocenters. The Morgan fingerprint density at radius 1 is 1.09 bits per heavy atom. The lowest BCUT2D eigenvalue weighted by Gasteiger charge is -2.44. The molecule has 0 bridgehead atoms. The zero-order valence-corrected chi connectivity index (χ0v) is 27.3. The van der Waals surface area contributed by atoms with Gasteiger partial charge in [0.15, 0.2) is 0 Å². The first kappa shape index (κ1) is 31.2. The molecule has 5 heterocycles. The number of likely N-dealkylation sites (tertiary alicyclic amines) is 1. The van der Waals surface area contributed by atoms with E-state index in [1.54, 1.807) is 48.6 Å². The molecule has 1 fully saturated rings. The van der Waals surface area contributed by atoms with E-state index < -0.39 is 5.60 Å². The van der Waals surface area contributed by atoms with Crippen LogP contribution in [-0.4, -0.2) is 66.0 Å². The molecule has 2 N–H and O–H groups in total. The minimum Gasteiger partial charge on any atom is -0.481 e. The molecular formula is C33H35Cl2N7O3. The summed E-state index contributed by atoms with van der Waals surface area (Å²) in [6.07, 6.45) is 3.43. The zero-order valence-electron chi connectivity index (χ0n) is 25.8. The average Bonchev–Trinajstić information content (AvgIpc) is 3.42. The van der Waals surface area contributed by atoms with Crippen molar-refractivity contribution in [2.45, 2.75) is 45.5 Å². The summed E-state index contributed by atoms with van der Waals surface area (Å²) in [6.45, 7) is 8.11. The number of methoxy groups -OCH3 is 1. The maximum atomic E-state index is 13.3. The van der Waals surface area contributed by atoms with Crippen molar-refractivity contribution in [1.82, 2.24) is 34.4 Å². The molecular weight excluding hydrogens is 613 g/mol. The molecule has 45 heavy (non-hydrogen) atoms. The topological polar surface area (TPSA) is 110 Å². The first-order valence-electron chi connectivity index (χ1n) is 14.7. The molecule has 234 valence electrons. The minimum atomic E-state index is -0.710. The highest BCUT2D eigenvalue weighted by molar-refractivity contribution is 6.39. The maximum absolute atomic E-state index is 13.3. The number of fused-ring (bicyclic) bond motifs is 1. The van der Waals surface area contributed by atoms with E-state index in [0.717, 1.165) is 16.7 Å². The number of nitrogens with zero attached hydrogens (tertiary/aromatic N) is 6. The van der Waals surface area contributed by atoms with E-state index in [4.69, 9.17) is 38.0 Å². The monoisotopic (exact) mass is 647 g/mol. The number of benzene rings is 1. The molecule has 0 aliphatic carbocycles. The third-order valence-electron chi connectivity index (χ3n) is 7.99. The number of hydrogen-bond donors (Lipinski definition) is 2. The Morgan fingerprint density at radius 3 is 2.53 bits per heavy atom. The van der Waals surface area contributed by atoms with Gasteiger partial charge in [-0.25, -0.2) is 9.50 Å². The predicted octanol–water partition coefficient (Wildman–Crippen LogP) is 5.20. The number of aliphatic hydroxyl groups is 1. The van der Waals surface area contributed by atoms with Crippen molar-refractivity contribution in [2.24, 2.45) is 7.05 Å². The molecule has 1 aliphatic heterocycles. The van der Waals surface area contributed by atoms with Crippen LogP contribution in [0.3, 0.4) is 0 Å². The fourth-order valence-electron chi connectivity index (χ4n) is 5.71. The number of halogens is 2. The van der Waals surface area contributed by atoms with Gasteiger partial charge in [0.2, 0.25) is 5.88 Å². The predicted molar refractivity (Wildman–Crippen MR) is 177 cm³/mol. The minimum absolute atomic E-state index is 0.185. The number of hydrogen-bond acceptors (Lipinski definition) is 8. The first-order valence-corrected chi connectivity index (χ1v) is 15.5. The van der Waals surface area contributed by atoms with Crippen LogP contribution in [0.15, 0.2) is 59.7 Å². The van der Waals surface area contributed by atoms with Crippen LogP contribution in [0.25, 0.3) is 39.2 Å². The molecule has 1 saturated heterocycles. The summed E-state index contributed by atoms with van der Waals surface area (Å²) in [7, 11) is 3.31. The number of rotatable bonds is 9. The molecule has 0 saturated carbocycles. The van der Waals surface area contributed by atoms with E-state index in [0.29, 0.717) is 82.0 Å². The number of ether oxygens (including phenoxy) is 1. The maximum Gasteiger partial charge on any atom is 0.277 e. The van der Waals surface area contributed by atoms with Crippen LogP contribution in [-0.2, 0) is 20.1 Å². The first-order chi connectivity index (χ1) is 21.5. The summed E-state index contributed by atoms with van der Waals surface area (Å²) >= 11 is 14.1. The van der Waals surface area contributed by atoms with Gasteiger partial charge in [0.25, 0.3) is 5.56 Å². The molecule has 0 spiro atoms. The van der Waals surface area contributed by atoms with Crippen molar-refractivity contribution >= 4 is 28.7 Å². The molecule has 5 aromatic rings. The molecule has 1 aromatic carbocycles. The fraction of sp³-hybridized carbons (Fsp3) is 0.333. The highest BCUT2D eigenvalue weighted by Crippen LogP contribution is 2.41. The average molecular weight is 649 g/mol. The van der Waals surface area contributed by atoms with Crippen LogP contribution in [0.4, 0.5) is 0 Å². The zero-order chi connectivity index (χ0) is 32.0. The van der Waals surface area contributed by atoms with Gasteiger partial charge in [-0.1, -0.05) is 61.3 Å². The van der Waals surface area contributed by atoms with Gasteiger partial charge in [-0.2, -0.15) is 5.10 Å². The summed E-state index contributed by atoms with van der Waals surface area (Å²) in [5.74, 6) is 1.13. The van der Waals surface area contributed by atoms with Crippen LogP contribution < -0.4 is 15.6 Å². The molecule has 10 nitrogen and oxygen atoms in total. The van der Waals surface area contributed by atoms with Gasteiger partial charge >= 0.3 is 0 Å². The smallest absolute Gasteiger partial charge is 0.277 e. The summed E-state index contributed by atoms with van der Waals surface area (Å²) < 4.78 is 8.71. The van der Waals surface area contributed by atoms with Gasteiger partial charge in [-0.15, -0.1) is 0 Å². The van der Waals surface area contributed by atoms with Crippen LogP contribution >= 0.6 is 23.2 Å². The van der Waals surface area contributed by atoms with Gasteiger partial charge in [-0.3, -0.25) is 19.2 Å². The number of nitrogens with one attached hydrogen (secondary N) is 1. The molecule has 0 radical (unpaired) electrons.